The Morgan fingerprint density at radius 1 is 1.57 bits per heavy atom. The second kappa shape index (κ2) is 2.84. The second-order valence-corrected chi connectivity index (χ2v) is 4.25. The third kappa shape index (κ3) is 1.28. The Labute approximate surface area is 86.5 Å². The van der Waals surface area contributed by atoms with Crippen LogP contribution in [-0.2, 0) is 5.54 Å². The summed E-state index contributed by atoms with van der Waals surface area (Å²) in [7, 11) is 0. The number of nitrogens with two attached hydrogens (primary N) is 1. The molecule has 1 fully saturated rings. The van der Waals surface area contributed by atoms with E-state index in [0.29, 0.717) is 16.1 Å². The fourth-order valence-electron chi connectivity index (χ4n) is 1.58. The Hall–Kier alpha value is -0.800. The molecule has 0 radical (unpaired) electrons. The van der Waals surface area contributed by atoms with Gasteiger partial charge in [0.15, 0.2) is 11.6 Å². The van der Waals surface area contributed by atoms with E-state index in [0.717, 1.165) is 12.8 Å². The third-order valence-corrected chi connectivity index (χ3v) is 3.15. The van der Waals surface area contributed by atoms with Gasteiger partial charge in [-0.1, -0.05) is 11.6 Å². The maximum atomic E-state index is 13.2. The summed E-state index contributed by atoms with van der Waals surface area (Å²) >= 11 is 5.99. The van der Waals surface area contributed by atoms with Crippen LogP contribution in [0.3, 0.4) is 0 Å². The first kappa shape index (κ1) is 9.74. The molecule has 1 aliphatic rings. The molecule has 0 amide bonds. The number of aryl methyl sites for hydroxylation is 1. The van der Waals surface area contributed by atoms with Crippen molar-refractivity contribution >= 4 is 11.6 Å². The molecule has 0 atom stereocenters. The highest BCUT2D eigenvalue weighted by molar-refractivity contribution is 6.32. The molecular weight excluding hydrogens is 205 g/mol. The van der Waals surface area contributed by atoms with E-state index in [2.05, 4.69) is 0 Å². The minimum atomic E-state index is -0.654. The Kier molecular flexibility index (Phi) is 1.98. The number of phenolic OH excluding ortho intramolecular Hbond substituents is 1. The number of hydrogen-bond acceptors (Lipinski definition) is 2. The topological polar surface area (TPSA) is 46.2 Å². The van der Waals surface area contributed by atoms with Gasteiger partial charge in [-0.15, -0.1) is 0 Å². The van der Waals surface area contributed by atoms with Crippen molar-refractivity contribution in [3.63, 3.8) is 0 Å². The minimum Gasteiger partial charge on any atom is -0.505 e. The molecule has 1 aliphatic carbocycles. The van der Waals surface area contributed by atoms with Gasteiger partial charge in [-0.2, -0.15) is 0 Å². The molecule has 0 aromatic heterocycles. The van der Waals surface area contributed by atoms with Gasteiger partial charge in [0.05, 0.1) is 5.02 Å². The van der Waals surface area contributed by atoms with E-state index in [-0.39, 0.29) is 0 Å². The summed E-state index contributed by atoms with van der Waals surface area (Å²) in [5, 5.41) is 9.92. The van der Waals surface area contributed by atoms with Crippen molar-refractivity contribution in [2.45, 2.75) is 25.3 Å². The summed E-state index contributed by atoms with van der Waals surface area (Å²) < 4.78 is 13.2. The predicted octanol–water partition coefficient (Wildman–Crippen LogP) is 2.44. The van der Waals surface area contributed by atoms with Crippen LogP contribution in [0, 0.1) is 12.7 Å². The van der Waals surface area contributed by atoms with E-state index in [1.54, 1.807) is 6.92 Å². The van der Waals surface area contributed by atoms with E-state index in [9.17, 15) is 9.50 Å². The fraction of sp³-hybridized carbons (Fsp3) is 0.400. The summed E-state index contributed by atoms with van der Waals surface area (Å²) in [6.07, 6.45) is 1.48. The summed E-state index contributed by atoms with van der Waals surface area (Å²) in [6, 6.07) is 1.22. The van der Waals surface area contributed by atoms with Crippen LogP contribution in [0.5, 0.6) is 5.75 Å². The largest absolute Gasteiger partial charge is 0.505 e. The number of halogens is 2. The first-order chi connectivity index (χ1) is 6.46. The molecule has 0 heterocycles. The maximum Gasteiger partial charge on any atom is 0.165 e. The van der Waals surface area contributed by atoms with Crippen LogP contribution in [0.25, 0.3) is 0 Å². The summed E-state index contributed by atoms with van der Waals surface area (Å²) in [5.41, 5.74) is 6.24. The number of rotatable bonds is 1. The average molecular weight is 216 g/mol. The quantitative estimate of drug-likeness (QED) is 0.756. The lowest BCUT2D eigenvalue weighted by molar-refractivity contribution is 0.418. The lowest BCUT2D eigenvalue weighted by atomic mass is 10.0. The van der Waals surface area contributed by atoms with Crippen molar-refractivity contribution in [1.29, 1.82) is 0 Å². The molecule has 4 heteroatoms. The molecular formula is C10H11ClFNO. The van der Waals surface area contributed by atoms with Crippen LogP contribution < -0.4 is 5.73 Å². The molecule has 2 nitrogen and oxygen atoms in total. The zero-order valence-electron chi connectivity index (χ0n) is 7.77. The molecule has 3 N–H and O–H groups in total. The maximum absolute atomic E-state index is 13.2. The molecule has 1 aromatic rings. The normalized spacial score (nSPS) is 18.3. The highest BCUT2D eigenvalue weighted by Crippen LogP contribution is 2.50. The van der Waals surface area contributed by atoms with Gasteiger partial charge in [0.1, 0.15) is 0 Å². The Morgan fingerprint density at radius 2 is 2.14 bits per heavy atom. The van der Waals surface area contributed by atoms with Gasteiger partial charge in [0.25, 0.3) is 0 Å². The molecule has 1 aromatic carbocycles. The Morgan fingerprint density at radius 3 is 2.64 bits per heavy atom. The summed E-state index contributed by atoms with van der Waals surface area (Å²) in [6.45, 7) is 1.69. The minimum absolute atomic E-state index is 0.358. The number of benzene rings is 1. The van der Waals surface area contributed by atoms with Gasteiger partial charge < -0.3 is 10.8 Å². The van der Waals surface area contributed by atoms with Crippen LogP contribution >= 0.6 is 11.6 Å². The SMILES string of the molecule is Cc1cc(F)c(O)c(C2(N)CC2)c1Cl. The van der Waals surface area contributed by atoms with Gasteiger partial charge in [-0.25, -0.2) is 4.39 Å². The van der Waals surface area contributed by atoms with Gasteiger partial charge in [0.2, 0.25) is 0 Å². The van der Waals surface area contributed by atoms with Crippen LogP contribution in [0.1, 0.15) is 24.0 Å². The van der Waals surface area contributed by atoms with E-state index >= 15 is 0 Å². The van der Waals surface area contributed by atoms with Crippen molar-refractivity contribution in [2.24, 2.45) is 5.73 Å². The van der Waals surface area contributed by atoms with Crippen molar-refractivity contribution in [3.8, 4) is 5.75 Å². The fourth-order valence-corrected chi connectivity index (χ4v) is 1.91. The molecule has 0 aliphatic heterocycles. The average Bonchev–Trinajstić information content (AvgIpc) is 2.81. The molecule has 2 rings (SSSR count). The van der Waals surface area contributed by atoms with Crippen LogP contribution in [0.4, 0.5) is 4.39 Å². The summed E-state index contributed by atoms with van der Waals surface area (Å²) in [5.74, 6) is -1.06. The van der Waals surface area contributed by atoms with E-state index < -0.39 is 17.1 Å². The summed E-state index contributed by atoms with van der Waals surface area (Å²) in [4.78, 5) is 0. The van der Waals surface area contributed by atoms with E-state index in [1.165, 1.54) is 6.07 Å². The number of hydrogen-bond donors (Lipinski definition) is 2. The standard InChI is InChI=1S/C10H11ClFNO/c1-5-4-6(12)9(14)7(8(5)11)10(13)2-3-10/h4,14H,2-3,13H2,1H3. The van der Waals surface area contributed by atoms with Crippen molar-refractivity contribution < 1.29 is 9.50 Å². The zero-order chi connectivity index (χ0) is 10.5. The smallest absolute Gasteiger partial charge is 0.165 e. The highest BCUT2D eigenvalue weighted by Gasteiger charge is 2.44. The highest BCUT2D eigenvalue weighted by atomic mass is 35.5. The monoisotopic (exact) mass is 215 g/mol. The van der Waals surface area contributed by atoms with Gasteiger partial charge in [0, 0.05) is 11.1 Å². The van der Waals surface area contributed by atoms with Crippen LogP contribution in [0.2, 0.25) is 5.02 Å². The van der Waals surface area contributed by atoms with E-state index in [4.69, 9.17) is 17.3 Å². The van der Waals surface area contributed by atoms with Crippen molar-refractivity contribution in [1.82, 2.24) is 0 Å². The zero-order valence-corrected chi connectivity index (χ0v) is 8.53. The first-order valence-electron chi connectivity index (χ1n) is 4.42. The molecule has 0 spiro atoms. The van der Waals surface area contributed by atoms with E-state index in [1.807, 2.05) is 0 Å². The number of aromatic hydroxyl groups is 1. The van der Waals surface area contributed by atoms with Gasteiger partial charge >= 0.3 is 0 Å². The third-order valence-electron chi connectivity index (χ3n) is 2.66. The molecule has 1 saturated carbocycles. The van der Waals surface area contributed by atoms with Crippen molar-refractivity contribution in [2.75, 3.05) is 0 Å². The lowest BCUT2D eigenvalue weighted by Gasteiger charge is -2.15. The molecule has 14 heavy (non-hydrogen) atoms. The Balaban J connectivity index is 2.68. The lowest BCUT2D eigenvalue weighted by Crippen LogP contribution is -2.20. The van der Waals surface area contributed by atoms with Gasteiger partial charge in [-0.3, -0.25) is 0 Å². The molecule has 76 valence electrons. The number of phenols is 1. The van der Waals surface area contributed by atoms with Crippen molar-refractivity contribution in [3.05, 3.63) is 28.0 Å². The van der Waals surface area contributed by atoms with Crippen LogP contribution in [0.15, 0.2) is 6.07 Å². The molecule has 0 unspecified atom stereocenters. The molecule has 0 bridgehead atoms. The second-order valence-electron chi connectivity index (χ2n) is 3.87. The Bertz CT molecular complexity index is 375. The first-order valence-corrected chi connectivity index (χ1v) is 4.80. The van der Waals surface area contributed by atoms with Gasteiger partial charge in [-0.05, 0) is 31.4 Å². The van der Waals surface area contributed by atoms with Crippen LogP contribution in [-0.4, -0.2) is 5.11 Å². The predicted molar refractivity (Wildman–Crippen MR) is 52.9 cm³/mol. The molecule has 0 saturated heterocycles.